The SMILES string of the molecule is CCCCc1ccc2c(=O)c3ccccc3sc2c1. The monoisotopic (exact) mass is 268 g/mol. The molecule has 0 spiro atoms. The quantitative estimate of drug-likeness (QED) is 0.626. The van der Waals surface area contributed by atoms with Gasteiger partial charge in [-0.1, -0.05) is 31.5 Å². The summed E-state index contributed by atoms with van der Waals surface area (Å²) >= 11 is 1.71. The van der Waals surface area contributed by atoms with Crippen molar-refractivity contribution in [1.29, 1.82) is 0 Å². The maximum Gasteiger partial charge on any atom is 0.195 e. The van der Waals surface area contributed by atoms with Gasteiger partial charge < -0.3 is 0 Å². The van der Waals surface area contributed by atoms with Gasteiger partial charge in [0.25, 0.3) is 0 Å². The zero-order valence-corrected chi connectivity index (χ0v) is 11.8. The van der Waals surface area contributed by atoms with E-state index in [4.69, 9.17) is 0 Å². The van der Waals surface area contributed by atoms with E-state index in [1.54, 1.807) is 11.3 Å². The van der Waals surface area contributed by atoms with E-state index < -0.39 is 0 Å². The molecule has 2 heteroatoms. The van der Waals surface area contributed by atoms with Crippen LogP contribution in [0.5, 0.6) is 0 Å². The van der Waals surface area contributed by atoms with Crippen LogP contribution < -0.4 is 5.43 Å². The molecule has 3 rings (SSSR count). The number of unbranched alkanes of at least 4 members (excludes halogenated alkanes) is 1. The summed E-state index contributed by atoms with van der Waals surface area (Å²) in [5.41, 5.74) is 1.49. The lowest BCUT2D eigenvalue weighted by molar-refractivity contribution is 0.796. The van der Waals surface area contributed by atoms with Gasteiger partial charge in [0.05, 0.1) is 0 Å². The highest BCUT2D eigenvalue weighted by Crippen LogP contribution is 2.25. The van der Waals surface area contributed by atoms with Gasteiger partial charge in [0.1, 0.15) is 0 Å². The Morgan fingerprint density at radius 1 is 1.00 bits per heavy atom. The molecule has 0 atom stereocenters. The average Bonchev–Trinajstić information content (AvgIpc) is 2.45. The van der Waals surface area contributed by atoms with E-state index in [9.17, 15) is 4.79 Å². The van der Waals surface area contributed by atoms with Crippen molar-refractivity contribution in [1.82, 2.24) is 0 Å². The third-order valence-electron chi connectivity index (χ3n) is 3.46. The number of rotatable bonds is 3. The second-order valence-corrected chi connectivity index (χ2v) is 5.95. The molecule has 0 aliphatic carbocycles. The van der Waals surface area contributed by atoms with Gasteiger partial charge in [0.2, 0.25) is 0 Å². The standard InChI is InChI=1S/C17H16OS/c1-2-3-6-12-9-10-14-16(11-12)19-15-8-5-4-7-13(15)17(14)18/h4-5,7-11H,2-3,6H2,1H3. The van der Waals surface area contributed by atoms with Crippen molar-refractivity contribution in [3.8, 4) is 0 Å². The van der Waals surface area contributed by atoms with Crippen LogP contribution in [-0.4, -0.2) is 0 Å². The first-order valence-corrected chi connectivity index (χ1v) is 7.55. The summed E-state index contributed by atoms with van der Waals surface area (Å²) in [4.78, 5) is 12.4. The van der Waals surface area contributed by atoms with Crippen LogP contribution in [0.25, 0.3) is 20.2 Å². The van der Waals surface area contributed by atoms with Gasteiger partial charge in [-0.2, -0.15) is 0 Å². The van der Waals surface area contributed by atoms with E-state index in [-0.39, 0.29) is 5.43 Å². The molecule has 0 N–H and O–H groups in total. The highest BCUT2D eigenvalue weighted by Gasteiger charge is 2.05. The molecule has 1 aromatic heterocycles. The molecule has 0 saturated heterocycles. The Hall–Kier alpha value is -1.67. The van der Waals surface area contributed by atoms with Crippen LogP contribution in [0, 0.1) is 0 Å². The van der Waals surface area contributed by atoms with Gasteiger partial charge in [-0.05, 0) is 42.7 Å². The first kappa shape index (κ1) is 12.4. The molecule has 0 radical (unpaired) electrons. The summed E-state index contributed by atoms with van der Waals surface area (Å²) in [6, 6.07) is 14.1. The van der Waals surface area contributed by atoms with E-state index in [1.807, 2.05) is 30.3 Å². The Bertz CT molecular complexity index is 786. The predicted octanol–water partition coefficient (Wildman–Crippen LogP) is 4.76. The van der Waals surface area contributed by atoms with Gasteiger partial charge in [0.15, 0.2) is 5.43 Å². The summed E-state index contributed by atoms with van der Waals surface area (Å²) in [5, 5.41) is 1.69. The van der Waals surface area contributed by atoms with E-state index in [2.05, 4.69) is 19.1 Å². The van der Waals surface area contributed by atoms with Crippen molar-refractivity contribution in [3.05, 3.63) is 58.3 Å². The van der Waals surface area contributed by atoms with Crippen molar-refractivity contribution in [2.45, 2.75) is 26.2 Å². The maximum absolute atomic E-state index is 12.4. The third-order valence-corrected chi connectivity index (χ3v) is 4.59. The van der Waals surface area contributed by atoms with Crippen molar-refractivity contribution in [2.24, 2.45) is 0 Å². The normalized spacial score (nSPS) is 11.2. The second kappa shape index (κ2) is 5.14. The molecule has 1 nitrogen and oxygen atoms in total. The molecule has 3 aromatic rings. The highest BCUT2D eigenvalue weighted by molar-refractivity contribution is 7.24. The fourth-order valence-corrected chi connectivity index (χ4v) is 3.52. The largest absolute Gasteiger partial charge is 0.289 e. The molecule has 0 unspecified atom stereocenters. The van der Waals surface area contributed by atoms with Crippen LogP contribution in [0.4, 0.5) is 0 Å². The van der Waals surface area contributed by atoms with Crippen molar-refractivity contribution in [2.75, 3.05) is 0 Å². The Labute approximate surface area is 116 Å². The first-order chi connectivity index (χ1) is 9.29. The number of aryl methyl sites for hydroxylation is 1. The van der Waals surface area contributed by atoms with Crippen LogP contribution in [0.3, 0.4) is 0 Å². The lowest BCUT2D eigenvalue weighted by atomic mass is 10.1. The van der Waals surface area contributed by atoms with Gasteiger partial charge >= 0.3 is 0 Å². The summed E-state index contributed by atoms with van der Waals surface area (Å²) in [5.74, 6) is 0. The minimum Gasteiger partial charge on any atom is -0.289 e. The van der Waals surface area contributed by atoms with Crippen molar-refractivity contribution < 1.29 is 0 Å². The second-order valence-electron chi connectivity index (χ2n) is 4.86. The van der Waals surface area contributed by atoms with E-state index in [0.717, 1.165) is 26.6 Å². The Kier molecular flexibility index (Phi) is 3.34. The predicted molar refractivity (Wildman–Crippen MR) is 84.2 cm³/mol. The number of fused-ring (bicyclic) bond motifs is 2. The topological polar surface area (TPSA) is 17.1 Å². The van der Waals surface area contributed by atoms with Gasteiger partial charge in [-0.15, -0.1) is 11.3 Å². The zero-order valence-electron chi connectivity index (χ0n) is 11.0. The van der Waals surface area contributed by atoms with Crippen LogP contribution in [0.2, 0.25) is 0 Å². The van der Waals surface area contributed by atoms with Crippen LogP contribution in [-0.2, 0) is 6.42 Å². The Balaban J connectivity index is 2.23. The number of hydrogen-bond donors (Lipinski definition) is 0. The zero-order chi connectivity index (χ0) is 13.2. The van der Waals surface area contributed by atoms with E-state index >= 15 is 0 Å². The first-order valence-electron chi connectivity index (χ1n) is 6.74. The van der Waals surface area contributed by atoms with Crippen molar-refractivity contribution in [3.63, 3.8) is 0 Å². The molecule has 0 aliphatic heterocycles. The Morgan fingerprint density at radius 2 is 1.79 bits per heavy atom. The fourth-order valence-electron chi connectivity index (χ4n) is 2.38. The third kappa shape index (κ3) is 2.28. The summed E-state index contributed by atoms with van der Waals surface area (Å²) in [6.45, 7) is 2.20. The fraction of sp³-hybridized carbons (Fsp3) is 0.235. The molecule has 96 valence electrons. The summed E-state index contributed by atoms with van der Waals surface area (Å²) in [7, 11) is 0. The van der Waals surface area contributed by atoms with Gasteiger partial charge in [-0.25, -0.2) is 0 Å². The molecule has 1 heterocycles. The minimum absolute atomic E-state index is 0.159. The van der Waals surface area contributed by atoms with E-state index in [0.29, 0.717) is 0 Å². The minimum atomic E-state index is 0.159. The lowest BCUT2D eigenvalue weighted by Gasteiger charge is -2.04. The maximum atomic E-state index is 12.4. The number of benzene rings is 2. The summed E-state index contributed by atoms with van der Waals surface area (Å²) in [6.07, 6.45) is 3.50. The van der Waals surface area contributed by atoms with Crippen molar-refractivity contribution >= 4 is 31.5 Å². The molecule has 2 aromatic carbocycles. The van der Waals surface area contributed by atoms with Crippen LogP contribution in [0.15, 0.2) is 47.3 Å². The Morgan fingerprint density at radius 3 is 2.63 bits per heavy atom. The average molecular weight is 268 g/mol. The molecule has 0 fully saturated rings. The van der Waals surface area contributed by atoms with E-state index in [1.165, 1.54) is 18.4 Å². The smallest absolute Gasteiger partial charge is 0.195 e. The molecule has 0 amide bonds. The number of hydrogen-bond acceptors (Lipinski definition) is 2. The lowest BCUT2D eigenvalue weighted by Crippen LogP contribution is -2.01. The molecule has 0 bridgehead atoms. The highest BCUT2D eigenvalue weighted by atomic mass is 32.1. The molecule has 0 aliphatic rings. The molecule has 0 saturated carbocycles. The van der Waals surface area contributed by atoms with Crippen LogP contribution in [0.1, 0.15) is 25.3 Å². The van der Waals surface area contributed by atoms with Crippen LogP contribution >= 0.6 is 11.3 Å². The molecular weight excluding hydrogens is 252 g/mol. The molecule has 19 heavy (non-hydrogen) atoms. The van der Waals surface area contributed by atoms with Gasteiger partial charge in [-0.3, -0.25) is 4.79 Å². The van der Waals surface area contributed by atoms with Gasteiger partial charge in [0, 0.05) is 20.2 Å². The summed E-state index contributed by atoms with van der Waals surface area (Å²) < 4.78 is 2.19. The molecular formula is C17H16OS.